The van der Waals surface area contributed by atoms with Gasteiger partial charge < -0.3 is 15.9 Å². The van der Waals surface area contributed by atoms with Crippen LogP contribution in [0.5, 0.6) is 5.75 Å². The standard InChI is InChI=1S/C12H18N2O4/c1-7-4-5-8(10(16)9(7)14(17)18)11(13)12(2,3)6-15/h4-5,11,15-16H,6,13H2,1-3H3/t11-/m1/s1. The molecule has 0 radical (unpaired) electrons. The quantitative estimate of drug-likeness (QED) is 0.558. The van der Waals surface area contributed by atoms with E-state index < -0.39 is 22.1 Å². The first-order valence-electron chi connectivity index (χ1n) is 5.55. The van der Waals surface area contributed by atoms with Crippen LogP contribution in [0.2, 0.25) is 0 Å². The summed E-state index contributed by atoms with van der Waals surface area (Å²) in [4.78, 5) is 10.3. The number of nitro groups is 1. The number of nitrogens with two attached hydrogens (primary N) is 1. The van der Waals surface area contributed by atoms with Crippen LogP contribution in [0.25, 0.3) is 0 Å². The van der Waals surface area contributed by atoms with E-state index in [9.17, 15) is 20.3 Å². The fourth-order valence-electron chi connectivity index (χ4n) is 1.70. The zero-order valence-electron chi connectivity index (χ0n) is 10.7. The number of phenolic OH excluding ortho intramolecular Hbond substituents is 1. The van der Waals surface area contributed by atoms with Crippen molar-refractivity contribution in [3.8, 4) is 5.75 Å². The summed E-state index contributed by atoms with van der Waals surface area (Å²) in [5.74, 6) is -0.422. The lowest BCUT2D eigenvalue weighted by Gasteiger charge is -2.30. The molecule has 1 aromatic rings. The molecule has 0 heterocycles. The number of benzene rings is 1. The second-order valence-electron chi connectivity index (χ2n) is 5.05. The number of aliphatic hydroxyl groups is 1. The number of hydrogen-bond donors (Lipinski definition) is 3. The van der Waals surface area contributed by atoms with E-state index in [1.165, 1.54) is 0 Å². The van der Waals surface area contributed by atoms with E-state index in [4.69, 9.17) is 5.73 Å². The first-order valence-corrected chi connectivity index (χ1v) is 5.55. The fourth-order valence-corrected chi connectivity index (χ4v) is 1.70. The lowest BCUT2D eigenvalue weighted by Crippen LogP contribution is -2.32. The predicted octanol–water partition coefficient (Wildman–Crippen LogP) is 1.63. The third-order valence-corrected chi connectivity index (χ3v) is 3.15. The van der Waals surface area contributed by atoms with Crippen molar-refractivity contribution in [1.82, 2.24) is 0 Å². The summed E-state index contributed by atoms with van der Waals surface area (Å²) in [6.45, 7) is 4.81. The third kappa shape index (κ3) is 2.44. The van der Waals surface area contributed by atoms with Crippen LogP contribution < -0.4 is 5.73 Å². The molecule has 0 aromatic heterocycles. The van der Waals surface area contributed by atoms with Gasteiger partial charge in [0.25, 0.3) is 0 Å². The lowest BCUT2D eigenvalue weighted by molar-refractivity contribution is -0.386. The molecule has 0 saturated heterocycles. The van der Waals surface area contributed by atoms with Crippen molar-refractivity contribution >= 4 is 5.69 Å². The minimum Gasteiger partial charge on any atom is -0.502 e. The summed E-state index contributed by atoms with van der Waals surface area (Å²) in [5, 5.41) is 30.1. The van der Waals surface area contributed by atoms with Gasteiger partial charge in [0.05, 0.1) is 4.92 Å². The zero-order valence-corrected chi connectivity index (χ0v) is 10.7. The van der Waals surface area contributed by atoms with Crippen LogP contribution in [-0.2, 0) is 0 Å². The Kier molecular flexibility index (Phi) is 3.93. The highest BCUT2D eigenvalue weighted by Crippen LogP contribution is 2.40. The number of aromatic hydroxyl groups is 1. The smallest absolute Gasteiger partial charge is 0.313 e. The van der Waals surface area contributed by atoms with E-state index in [0.717, 1.165) is 0 Å². The van der Waals surface area contributed by atoms with Crippen LogP contribution >= 0.6 is 0 Å². The molecule has 100 valence electrons. The van der Waals surface area contributed by atoms with Gasteiger partial charge in [-0.15, -0.1) is 0 Å². The molecule has 6 nitrogen and oxygen atoms in total. The normalized spacial score (nSPS) is 13.4. The van der Waals surface area contributed by atoms with E-state index in [1.807, 2.05) is 0 Å². The van der Waals surface area contributed by atoms with Crippen LogP contribution in [0.15, 0.2) is 12.1 Å². The molecule has 0 amide bonds. The Morgan fingerprint density at radius 1 is 1.50 bits per heavy atom. The van der Waals surface area contributed by atoms with Gasteiger partial charge in [-0.2, -0.15) is 0 Å². The summed E-state index contributed by atoms with van der Waals surface area (Å²) in [6.07, 6.45) is 0. The molecule has 0 unspecified atom stereocenters. The maximum atomic E-state index is 10.9. The van der Waals surface area contributed by atoms with Crippen molar-refractivity contribution in [3.63, 3.8) is 0 Å². The van der Waals surface area contributed by atoms with E-state index in [1.54, 1.807) is 32.9 Å². The molecule has 0 saturated carbocycles. The highest BCUT2D eigenvalue weighted by Gasteiger charge is 2.32. The van der Waals surface area contributed by atoms with E-state index >= 15 is 0 Å². The molecule has 0 spiro atoms. The molecule has 0 aliphatic carbocycles. The topological polar surface area (TPSA) is 110 Å². The summed E-state index contributed by atoms with van der Waals surface area (Å²) in [6, 6.07) is 2.40. The summed E-state index contributed by atoms with van der Waals surface area (Å²) in [7, 11) is 0. The van der Waals surface area contributed by atoms with Gasteiger partial charge in [-0.05, 0) is 6.92 Å². The summed E-state index contributed by atoms with van der Waals surface area (Å²) < 4.78 is 0. The molecule has 4 N–H and O–H groups in total. The van der Waals surface area contributed by atoms with Crippen molar-refractivity contribution in [2.24, 2.45) is 11.1 Å². The first kappa shape index (κ1) is 14.4. The Morgan fingerprint density at radius 2 is 2.06 bits per heavy atom. The average molecular weight is 254 g/mol. The molecule has 18 heavy (non-hydrogen) atoms. The molecule has 0 bridgehead atoms. The molecule has 0 fully saturated rings. The second-order valence-corrected chi connectivity index (χ2v) is 5.05. The molecule has 1 aromatic carbocycles. The maximum Gasteiger partial charge on any atom is 0.313 e. The highest BCUT2D eigenvalue weighted by atomic mass is 16.6. The Hall–Kier alpha value is -1.66. The van der Waals surface area contributed by atoms with Crippen molar-refractivity contribution < 1.29 is 15.1 Å². The Balaban J connectivity index is 3.36. The molecular weight excluding hydrogens is 236 g/mol. The Bertz CT molecular complexity index is 471. The van der Waals surface area contributed by atoms with Crippen LogP contribution in [0.3, 0.4) is 0 Å². The number of nitro benzene ring substituents is 1. The van der Waals surface area contributed by atoms with Gasteiger partial charge in [0.2, 0.25) is 0 Å². The second kappa shape index (κ2) is 4.91. The minimum atomic E-state index is -0.693. The molecule has 0 aliphatic rings. The van der Waals surface area contributed by atoms with E-state index in [2.05, 4.69) is 0 Å². The number of phenols is 1. The van der Waals surface area contributed by atoms with Crippen molar-refractivity contribution in [3.05, 3.63) is 33.4 Å². The van der Waals surface area contributed by atoms with Gasteiger partial charge in [0, 0.05) is 29.2 Å². The van der Waals surface area contributed by atoms with Gasteiger partial charge in [0.15, 0.2) is 5.75 Å². The van der Waals surface area contributed by atoms with E-state index in [0.29, 0.717) is 5.56 Å². The third-order valence-electron chi connectivity index (χ3n) is 3.15. The predicted molar refractivity (Wildman–Crippen MR) is 67.3 cm³/mol. The number of aliphatic hydroxyl groups excluding tert-OH is 1. The van der Waals surface area contributed by atoms with Crippen molar-refractivity contribution in [2.45, 2.75) is 26.8 Å². The van der Waals surface area contributed by atoms with Gasteiger partial charge in [-0.25, -0.2) is 0 Å². The minimum absolute atomic E-state index is 0.185. The Labute approximate surface area is 105 Å². The number of nitrogens with zero attached hydrogens (tertiary/aromatic N) is 1. The van der Waals surface area contributed by atoms with Gasteiger partial charge in [0.1, 0.15) is 0 Å². The number of rotatable bonds is 4. The first-order chi connectivity index (χ1) is 8.22. The van der Waals surface area contributed by atoms with Crippen LogP contribution in [0, 0.1) is 22.5 Å². The van der Waals surface area contributed by atoms with Gasteiger partial charge in [-0.1, -0.05) is 26.0 Å². The van der Waals surface area contributed by atoms with E-state index in [-0.39, 0.29) is 17.9 Å². The monoisotopic (exact) mass is 254 g/mol. The Morgan fingerprint density at radius 3 is 2.50 bits per heavy atom. The molecular formula is C12H18N2O4. The largest absolute Gasteiger partial charge is 0.502 e. The summed E-state index contributed by atoms with van der Waals surface area (Å²) in [5.41, 5.74) is 5.58. The lowest BCUT2D eigenvalue weighted by atomic mass is 9.81. The van der Waals surface area contributed by atoms with Crippen molar-refractivity contribution in [2.75, 3.05) is 6.61 Å². The SMILES string of the molecule is Cc1ccc([C@@H](N)C(C)(C)CO)c(O)c1[N+](=O)[O-]. The van der Waals surface area contributed by atoms with Gasteiger partial charge >= 0.3 is 5.69 Å². The number of aryl methyl sites for hydroxylation is 1. The number of hydrogen-bond acceptors (Lipinski definition) is 5. The van der Waals surface area contributed by atoms with Crippen LogP contribution in [0.4, 0.5) is 5.69 Å². The molecule has 0 aliphatic heterocycles. The van der Waals surface area contributed by atoms with Crippen LogP contribution in [-0.4, -0.2) is 21.7 Å². The molecule has 1 atom stereocenters. The summed E-state index contributed by atoms with van der Waals surface area (Å²) >= 11 is 0. The molecule has 6 heteroatoms. The van der Waals surface area contributed by atoms with Crippen LogP contribution in [0.1, 0.15) is 31.0 Å². The zero-order chi connectivity index (χ0) is 14.1. The van der Waals surface area contributed by atoms with Crippen molar-refractivity contribution in [1.29, 1.82) is 0 Å². The average Bonchev–Trinajstić information content (AvgIpc) is 2.28. The molecule has 1 rings (SSSR count). The van der Waals surface area contributed by atoms with Gasteiger partial charge in [-0.3, -0.25) is 10.1 Å². The highest BCUT2D eigenvalue weighted by molar-refractivity contribution is 5.57. The maximum absolute atomic E-state index is 10.9. The fraction of sp³-hybridized carbons (Fsp3) is 0.500.